The zero-order chi connectivity index (χ0) is 9.80. The fourth-order valence-electron chi connectivity index (χ4n) is 1.88. The summed E-state index contributed by atoms with van der Waals surface area (Å²) in [6, 6.07) is 8.63. The van der Waals surface area contributed by atoms with Crippen molar-refractivity contribution in [1.82, 2.24) is 0 Å². The number of nitrogens with one attached hydrogen (secondary N) is 1. The SMILES string of the molecule is Clc1ccccc1NC[C@@H]1CCC[NH2+]1. The van der Waals surface area contributed by atoms with Crippen LogP contribution in [0.15, 0.2) is 24.3 Å². The van der Waals surface area contributed by atoms with Crippen LogP contribution in [0.5, 0.6) is 0 Å². The van der Waals surface area contributed by atoms with Crippen molar-refractivity contribution in [2.75, 3.05) is 18.4 Å². The molecule has 3 N–H and O–H groups in total. The number of para-hydroxylation sites is 1. The maximum Gasteiger partial charge on any atom is 0.104 e. The molecule has 1 aliphatic rings. The highest BCUT2D eigenvalue weighted by Gasteiger charge is 2.17. The molecule has 0 bridgehead atoms. The van der Waals surface area contributed by atoms with Crippen LogP contribution in [-0.4, -0.2) is 19.1 Å². The highest BCUT2D eigenvalue weighted by Crippen LogP contribution is 2.20. The summed E-state index contributed by atoms with van der Waals surface area (Å²) in [5.41, 5.74) is 1.05. The van der Waals surface area contributed by atoms with Gasteiger partial charge < -0.3 is 10.6 Å². The molecule has 0 amide bonds. The lowest BCUT2D eigenvalue weighted by Crippen LogP contribution is -2.87. The molecule has 1 aromatic carbocycles. The average Bonchev–Trinajstić information content (AvgIpc) is 2.69. The first-order valence-electron chi connectivity index (χ1n) is 5.18. The summed E-state index contributed by atoms with van der Waals surface area (Å²) in [6.45, 7) is 2.29. The minimum atomic E-state index is 0.728. The van der Waals surface area contributed by atoms with E-state index < -0.39 is 0 Å². The Kier molecular flexibility index (Phi) is 3.27. The number of halogens is 1. The third-order valence-electron chi connectivity index (χ3n) is 2.71. The largest absolute Gasteiger partial charge is 0.378 e. The van der Waals surface area contributed by atoms with Gasteiger partial charge in [-0.1, -0.05) is 23.7 Å². The number of anilines is 1. The van der Waals surface area contributed by atoms with Gasteiger partial charge in [-0.15, -0.1) is 0 Å². The molecular weight excluding hydrogens is 196 g/mol. The second kappa shape index (κ2) is 4.67. The summed E-state index contributed by atoms with van der Waals surface area (Å²) in [6.07, 6.45) is 2.66. The van der Waals surface area contributed by atoms with Crippen molar-refractivity contribution >= 4 is 17.3 Å². The molecule has 2 rings (SSSR count). The van der Waals surface area contributed by atoms with Crippen molar-refractivity contribution in [2.45, 2.75) is 18.9 Å². The summed E-state index contributed by atoms with van der Waals surface area (Å²) in [5.74, 6) is 0. The lowest BCUT2D eigenvalue weighted by atomic mass is 10.2. The number of hydrogen-bond donors (Lipinski definition) is 2. The Balaban J connectivity index is 1.88. The van der Waals surface area contributed by atoms with E-state index in [0.29, 0.717) is 0 Å². The lowest BCUT2D eigenvalue weighted by molar-refractivity contribution is -0.666. The van der Waals surface area contributed by atoms with E-state index in [1.54, 1.807) is 0 Å². The van der Waals surface area contributed by atoms with Crippen molar-refractivity contribution in [3.63, 3.8) is 0 Å². The summed E-state index contributed by atoms with van der Waals surface area (Å²) in [7, 11) is 0. The standard InChI is InChI=1S/C11H15ClN2/c12-10-5-1-2-6-11(10)14-8-9-4-3-7-13-9/h1-2,5-6,9,13-14H,3-4,7-8H2/p+1/t9-/m0/s1. The van der Waals surface area contributed by atoms with E-state index in [-0.39, 0.29) is 0 Å². The molecule has 0 unspecified atom stereocenters. The van der Waals surface area contributed by atoms with Crippen LogP contribution in [-0.2, 0) is 0 Å². The highest BCUT2D eigenvalue weighted by atomic mass is 35.5. The predicted octanol–water partition coefficient (Wildman–Crippen LogP) is 1.48. The van der Waals surface area contributed by atoms with Crippen LogP contribution in [0, 0.1) is 0 Å². The molecule has 1 aromatic rings. The Bertz CT molecular complexity index is 295. The quantitative estimate of drug-likeness (QED) is 0.779. The second-order valence-electron chi connectivity index (χ2n) is 3.79. The molecule has 1 heterocycles. The Morgan fingerprint density at radius 1 is 1.43 bits per heavy atom. The molecule has 1 atom stereocenters. The van der Waals surface area contributed by atoms with Crippen molar-refractivity contribution in [2.24, 2.45) is 0 Å². The molecule has 14 heavy (non-hydrogen) atoms. The van der Waals surface area contributed by atoms with Crippen molar-refractivity contribution in [3.8, 4) is 0 Å². The Morgan fingerprint density at radius 3 is 3.00 bits per heavy atom. The van der Waals surface area contributed by atoms with Gasteiger partial charge >= 0.3 is 0 Å². The number of rotatable bonds is 3. The Hall–Kier alpha value is -0.730. The first-order chi connectivity index (χ1) is 6.86. The molecule has 1 saturated heterocycles. The zero-order valence-corrected chi connectivity index (χ0v) is 8.93. The highest BCUT2D eigenvalue weighted by molar-refractivity contribution is 6.33. The van der Waals surface area contributed by atoms with Crippen LogP contribution >= 0.6 is 11.6 Å². The maximum atomic E-state index is 6.04. The van der Waals surface area contributed by atoms with Gasteiger partial charge in [0.05, 0.1) is 23.8 Å². The van der Waals surface area contributed by atoms with Gasteiger partial charge in [-0.3, -0.25) is 0 Å². The van der Waals surface area contributed by atoms with Gasteiger partial charge in [0.25, 0.3) is 0 Å². The van der Waals surface area contributed by atoms with Crippen LogP contribution < -0.4 is 10.6 Å². The molecular formula is C11H16ClN2+. The van der Waals surface area contributed by atoms with E-state index in [4.69, 9.17) is 11.6 Å². The van der Waals surface area contributed by atoms with Crippen LogP contribution in [0.4, 0.5) is 5.69 Å². The number of nitrogens with two attached hydrogens (primary N) is 1. The van der Waals surface area contributed by atoms with Crippen molar-refractivity contribution in [1.29, 1.82) is 0 Å². The van der Waals surface area contributed by atoms with E-state index in [1.807, 2.05) is 24.3 Å². The van der Waals surface area contributed by atoms with Crippen molar-refractivity contribution in [3.05, 3.63) is 29.3 Å². The summed E-state index contributed by atoms with van der Waals surface area (Å²) in [4.78, 5) is 0. The molecule has 0 aliphatic carbocycles. The number of benzene rings is 1. The fraction of sp³-hybridized carbons (Fsp3) is 0.455. The Morgan fingerprint density at radius 2 is 2.29 bits per heavy atom. The van der Waals surface area contributed by atoms with Gasteiger partial charge in [0, 0.05) is 12.8 Å². The molecule has 0 radical (unpaired) electrons. The molecule has 2 nitrogen and oxygen atoms in total. The van der Waals surface area contributed by atoms with E-state index >= 15 is 0 Å². The molecule has 76 valence electrons. The number of hydrogen-bond acceptors (Lipinski definition) is 1. The topological polar surface area (TPSA) is 28.6 Å². The van der Waals surface area contributed by atoms with E-state index in [1.165, 1.54) is 19.4 Å². The molecule has 0 spiro atoms. The first kappa shape index (κ1) is 9.81. The molecule has 3 heteroatoms. The average molecular weight is 212 g/mol. The first-order valence-corrected chi connectivity index (χ1v) is 5.56. The van der Waals surface area contributed by atoms with Gasteiger partial charge in [-0.25, -0.2) is 0 Å². The van der Waals surface area contributed by atoms with Gasteiger partial charge in [0.2, 0.25) is 0 Å². The molecule has 1 aliphatic heterocycles. The van der Waals surface area contributed by atoms with Gasteiger partial charge in [0.15, 0.2) is 0 Å². The predicted molar refractivity (Wildman–Crippen MR) is 59.8 cm³/mol. The molecule has 0 saturated carbocycles. The number of quaternary nitrogens is 1. The third-order valence-corrected chi connectivity index (χ3v) is 3.04. The van der Waals surface area contributed by atoms with Gasteiger partial charge in [0.1, 0.15) is 6.04 Å². The van der Waals surface area contributed by atoms with E-state index in [9.17, 15) is 0 Å². The normalized spacial score (nSPS) is 21.1. The maximum absolute atomic E-state index is 6.04. The third kappa shape index (κ3) is 2.40. The smallest absolute Gasteiger partial charge is 0.104 e. The minimum Gasteiger partial charge on any atom is -0.378 e. The van der Waals surface area contributed by atoms with Crippen LogP contribution in [0.25, 0.3) is 0 Å². The van der Waals surface area contributed by atoms with E-state index in [2.05, 4.69) is 10.6 Å². The Labute approximate surface area is 89.7 Å². The minimum absolute atomic E-state index is 0.728. The van der Waals surface area contributed by atoms with E-state index in [0.717, 1.165) is 23.3 Å². The van der Waals surface area contributed by atoms with Crippen LogP contribution in [0.2, 0.25) is 5.02 Å². The lowest BCUT2D eigenvalue weighted by Gasteiger charge is -2.11. The summed E-state index contributed by atoms with van der Waals surface area (Å²) >= 11 is 6.04. The summed E-state index contributed by atoms with van der Waals surface area (Å²) in [5, 5.41) is 6.61. The van der Waals surface area contributed by atoms with Crippen LogP contribution in [0.3, 0.4) is 0 Å². The van der Waals surface area contributed by atoms with Crippen LogP contribution in [0.1, 0.15) is 12.8 Å². The second-order valence-corrected chi connectivity index (χ2v) is 4.19. The monoisotopic (exact) mass is 211 g/mol. The van der Waals surface area contributed by atoms with Gasteiger partial charge in [-0.05, 0) is 12.1 Å². The zero-order valence-electron chi connectivity index (χ0n) is 8.17. The van der Waals surface area contributed by atoms with Gasteiger partial charge in [-0.2, -0.15) is 0 Å². The van der Waals surface area contributed by atoms with Crippen molar-refractivity contribution < 1.29 is 5.32 Å². The summed E-state index contributed by atoms with van der Waals surface area (Å²) < 4.78 is 0. The molecule has 1 fully saturated rings. The fourth-order valence-corrected chi connectivity index (χ4v) is 2.09. The molecule has 0 aromatic heterocycles.